The molecule has 2 rings (SSSR count). The minimum absolute atomic E-state index is 0.0211. The lowest BCUT2D eigenvalue weighted by Crippen LogP contribution is -2.44. The molecule has 0 unspecified atom stereocenters. The van der Waals surface area contributed by atoms with Gasteiger partial charge in [0.1, 0.15) is 0 Å². The van der Waals surface area contributed by atoms with Crippen LogP contribution in [0.1, 0.15) is 19.3 Å². The molecule has 2 saturated heterocycles. The van der Waals surface area contributed by atoms with Gasteiger partial charge in [0.25, 0.3) is 0 Å². The minimum atomic E-state index is -3.16. The number of rotatable bonds is 2. The molecule has 114 valence electrons. The first-order valence-electron chi connectivity index (χ1n) is 6.88. The van der Waals surface area contributed by atoms with Gasteiger partial charge in [-0.2, -0.15) is 0 Å². The summed E-state index contributed by atoms with van der Waals surface area (Å²) in [5.41, 5.74) is 0. The fourth-order valence-electron chi connectivity index (χ4n) is 2.68. The lowest BCUT2D eigenvalue weighted by molar-refractivity contribution is -0.136. The van der Waals surface area contributed by atoms with Gasteiger partial charge in [-0.05, 0) is 12.8 Å². The fourth-order valence-corrected chi connectivity index (χ4v) is 3.55. The van der Waals surface area contributed by atoms with Crippen molar-refractivity contribution < 1.29 is 18.0 Å². The molecule has 0 radical (unpaired) electrons. The van der Waals surface area contributed by atoms with E-state index in [1.54, 1.807) is 4.90 Å². The summed E-state index contributed by atoms with van der Waals surface area (Å²) in [5, 5.41) is 2.74. The van der Waals surface area contributed by atoms with Gasteiger partial charge < -0.3 is 10.2 Å². The van der Waals surface area contributed by atoms with E-state index in [4.69, 9.17) is 0 Å². The van der Waals surface area contributed by atoms with Crippen molar-refractivity contribution in [2.24, 2.45) is 5.92 Å². The van der Waals surface area contributed by atoms with Gasteiger partial charge >= 0.3 is 0 Å². The molecule has 0 aromatic carbocycles. The Morgan fingerprint density at radius 3 is 2.45 bits per heavy atom. The minimum Gasteiger partial charge on any atom is -0.354 e. The van der Waals surface area contributed by atoms with Crippen LogP contribution >= 0.6 is 0 Å². The van der Waals surface area contributed by atoms with Crippen molar-refractivity contribution in [1.82, 2.24) is 14.5 Å². The maximum absolute atomic E-state index is 12.4. The van der Waals surface area contributed by atoms with Crippen LogP contribution in [-0.4, -0.2) is 68.4 Å². The van der Waals surface area contributed by atoms with Crippen molar-refractivity contribution in [3.8, 4) is 0 Å². The first-order chi connectivity index (χ1) is 9.38. The zero-order chi connectivity index (χ0) is 14.8. The highest BCUT2D eigenvalue weighted by atomic mass is 32.2. The Balaban J connectivity index is 1.90. The first kappa shape index (κ1) is 15.2. The van der Waals surface area contributed by atoms with E-state index >= 15 is 0 Å². The Hall–Kier alpha value is -1.15. The lowest BCUT2D eigenvalue weighted by atomic mass is 9.96. The van der Waals surface area contributed by atoms with E-state index in [1.165, 1.54) is 10.6 Å². The van der Waals surface area contributed by atoms with Gasteiger partial charge in [-0.1, -0.05) is 0 Å². The third kappa shape index (κ3) is 3.69. The van der Waals surface area contributed by atoms with Crippen LogP contribution in [0.25, 0.3) is 0 Å². The molecule has 0 spiro atoms. The van der Waals surface area contributed by atoms with Crippen molar-refractivity contribution in [2.45, 2.75) is 19.3 Å². The maximum Gasteiger partial charge on any atom is 0.225 e. The molecule has 0 saturated carbocycles. The number of nitrogens with zero attached hydrogens (tertiary/aromatic N) is 2. The highest BCUT2D eigenvalue weighted by Gasteiger charge is 2.31. The quantitative estimate of drug-likeness (QED) is 0.709. The van der Waals surface area contributed by atoms with Crippen LogP contribution in [0, 0.1) is 5.92 Å². The van der Waals surface area contributed by atoms with E-state index in [0.717, 1.165) is 0 Å². The molecule has 0 bridgehead atoms. The molecule has 2 aliphatic rings. The van der Waals surface area contributed by atoms with Crippen molar-refractivity contribution in [3.05, 3.63) is 0 Å². The summed E-state index contributed by atoms with van der Waals surface area (Å²) in [6, 6.07) is 0. The van der Waals surface area contributed by atoms with Crippen molar-refractivity contribution >= 4 is 21.8 Å². The molecular formula is C12H21N3O4S. The van der Waals surface area contributed by atoms with Gasteiger partial charge in [0.15, 0.2) is 0 Å². The Bertz CT molecular complexity index is 483. The topological polar surface area (TPSA) is 86.8 Å². The van der Waals surface area contributed by atoms with E-state index in [9.17, 15) is 18.0 Å². The zero-order valence-electron chi connectivity index (χ0n) is 11.7. The molecule has 2 aliphatic heterocycles. The molecule has 0 atom stereocenters. The molecule has 0 aliphatic carbocycles. The van der Waals surface area contributed by atoms with Gasteiger partial charge in [-0.15, -0.1) is 0 Å². The number of hydrogen-bond donors (Lipinski definition) is 1. The molecular weight excluding hydrogens is 282 g/mol. The van der Waals surface area contributed by atoms with Crippen LogP contribution in [0.3, 0.4) is 0 Å². The maximum atomic E-state index is 12.4. The van der Waals surface area contributed by atoms with E-state index in [2.05, 4.69) is 5.32 Å². The Labute approximate surface area is 119 Å². The Morgan fingerprint density at radius 2 is 1.85 bits per heavy atom. The second-order valence-corrected chi connectivity index (χ2v) is 7.34. The molecule has 20 heavy (non-hydrogen) atoms. The third-order valence-corrected chi connectivity index (χ3v) is 5.20. The van der Waals surface area contributed by atoms with Gasteiger partial charge in [-0.3, -0.25) is 9.59 Å². The first-order valence-corrected chi connectivity index (χ1v) is 8.73. The molecule has 0 aromatic heterocycles. The summed E-state index contributed by atoms with van der Waals surface area (Å²) < 4.78 is 24.3. The number of carbonyl (C=O) groups excluding carboxylic acids is 2. The standard InChI is InChI=1S/C12H21N3O4S/c1-20(18,19)15-7-2-10(3-8-15)12(17)14-6-4-11(16)13-5-9-14/h10H,2-9H2,1H3,(H,13,16). The van der Waals surface area contributed by atoms with Crippen LogP contribution < -0.4 is 5.32 Å². The zero-order valence-corrected chi connectivity index (χ0v) is 12.5. The summed E-state index contributed by atoms with van der Waals surface area (Å²) in [6.07, 6.45) is 2.66. The highest BCUT2D eigenvalue weighted by Crippen LogP contribution is 2.21. The van der Waals surface area contributed by atoms with Crippen molar-refractivity contribution in [3.63, 3.8) is 0 Å². The van der Waals surface area contributed by atoms with Gasteiger partial charge in [0.2, 0.25) is 21.8 Å². The van der Waals surface area contributed by atoms with Crippen LogP contribution in [-0.2, 0) is 19.6 Å². The number of nitrogens with one attached hydrogen (secondary N) is 1. The number of piperidine rings is 1. The predicted molar refractivity (Wildman–Crippen MR) is 73.3 cm³/mol. The summed E-state index contributed by atoms with van der Waals surface area (Å²) in [5.74, 6) is -0.0944. The molecule has 2 fully saturated rings. The summed E-state index contributed by atoms with van der Waals surface area (Å²) in [6.45, 7) is 2.29. The lowest BCUT2D eigenvalue weighted by Gasteiger charge is -2.32. The average Bonchev–Trinajstić information content (AvgIpc) is 2.62. The summed E-state index contributed by atoms with van der Waals surface area (Å²) in [7, 11) is -3.16. The normalized spacial score (nSPS) is 23.2. The Kier molecular flexibility index (Phi) is 4.64. The molecule has 2 amide bonds. The second-order valence-electron chi connectivity index (χ2n) is 5.36. The molecule has 7 nitrogen and oxygen atoms in total. The SMILES string of the molecule is CS(=O)(=O)N1CCC(C(=O)N2CCNC(=O)CC2)CC1. The van der Waals surface area contributed by atoms with E-state index in [-0.39, 0.29) is 17.7 Å². The number of amides is 2. The van der Waals surface area contributed by atoms with Crippen LogP contribution in [0.2, 0.25) is 0 Å². The van der Waals surface area contributed by atoms with Gasteiger partial charge in [-0.25, -0.2) is 12.7 Å². The number of hydrogen-bond acceptors (Lipinski definition) is 4. The molecule has 2 heterocycles. The predicted octanol–water partition coefficient (Wildman–Crippen LogP) is -0.993. The van der Waals surface area contributed by atoms with E-state index in [0.29, 0.717) is 52.0 Å². The second kappa shape index (κ2) is 6.09. The monoisotopic (exact) mass is 303 g/mol. The smallest absolute Gasteiger partial charge is 0.225 e. The van der Waals surface area contributed by atoms with E-state index in [1.807, 2.05) is 0 Å². The Morgan fingerprint density at radius 1 is 1.20 bits per heavy atom. The highest BCUT2D eigenvalue weighted by molar-refractivity contribution is 7.88. The molecule has 0 aromatic rings. The van der Waals surface area contributed by atoms with Crippen LogP contribution in [0.5, 0.6) is 0 Å². The molecule has 8 heteroatoms. The summed E-state index contributed by atoms with van der Waals surface area (Å²) in [4.78, 5) is 25.4. The van der Waals surface area contributed by atoms with Crippen molar-refractivity contribution in [1.29, 1.82) is 0 Å². The number of sulfonamides is 1. The number of carbonyl (C=O) groups is 2. The average molecular weight is 303 g/mol. The van der Waals surface area contributed by atoms with Crippen LogP contribution in [0.4, 0.5) is 0 Å². The third-order valence-electron chi connectivity index (χ3n) is 3.90. The fraction of sp³-hybridized carbons (Fsp3) is 0.833. The van der Waals surface area contributed by atoms with E-state index < -0.39 is 10.0 Å². The van der Waals surface area contributed by atoms with Gasteiger partial charge in [0, 0.05) is 45.1 Å². The van der Waals surface area contributed by atoms with Crippen LogP contribution in [0.15, 0.2) is 0 Å². The molecule has 1 N–H and O–H groups in total. The summed E-state index contributed by atoms with van der Waals surface area (Å²) >= 11 is 0. The van der Waals surface area contributed by atoms with Crippen molar-refractivity contribution in [2.75, 3.05) is 39.0 Å². The van der Waals surface area contributed by atoms with Gasteiger partial charge in [0.05, 0.1) is 6.26 Å². The largest absolute Gasteiger partial charge is 0.354 e.